The average Bonchev–Trinajstić information content (AvgIpc) is 3.42. The number of hydrogen-bond acceptors (Lipinski definition) is 7. The van der Waals surface area contributed by atoms with Gasteiger partial charge in [-0.05, 0) is 37.1 Å². The Hall–Kier alpha value is -3.95. The number of ether oxygens (including phenoxy) is 1. The summed E-state index contributed by atoms with van der Waals surface area (Å²) in [5.74, 6) is 1.73. The molecule has 0 aliphatic carbocycles. The van der Waals surface area contributed by atoms with Gasteiger partial charge in [-0.1, -0.05) is 29.8 Å². The van der Waals surface area contributed by atoms with Crippen molar-refractivity contribution < 1.29 is 14.3 Å². The maximum absolute atomic E-state index is 13.7. The summed E-state index contributed by atoms with van der Waals surface area (Å²) in [6.45, 7) is 4.43. The Morgan fingerprint density at radius 3 is 2.59 bits per heavy atom. The van der Waals surface area contributed by atoms with E-state index in [1.807, 2.05) is 35.2 Å². The van der Waals surface area contributed by atoms with Gasteiger partial charge in [0.2, 0.25) is 5.91 Å². The van der Waals surface area contributed by atoms with Gasteiger partial charge in [0, 0.05) is 57.1 Å². The Morgan fingerprint density at radius 1 is 0.974 bits per heavy atom. The van der Waals surface area contributed by atoms with E-state index in [-0.39, 0.29) is 17.6 Å². The molecule has 0 saturated carbocycles. The van der Waals surface area contributed by atoms with Gasteiger partial charge in [-0.3, -0.25) is 9.59 Å². The predicted molar refractivity (Wildman–Crippen MR) is 150 cm³/mol. The van der Waals surface area contributed by atoms with Gasteiger partial charge < -0.3 is 24.8 Å². The molecule has 4 aromatic rings. The molecule has 9 nitrogen and oxygen atoms in total. The molecular formula is C29H29ClN6O3. The number of H-pyrrole nitrogens is 1. The lowest BCUT2D eigenvalue weighted by atomic mass is 9.95. The van der Waals surface area contributed by atoms with Crippen molar-refractivity contribution in [2.75, 3.05) is 44.2 Å². The van der Waals surface area contributed by atoms with Crippen molar-refractivity contribution in [3.63, 3.8) is 0 Å². The van der Waals surface area contributed by atoms with Crippen LogP contribution in [0.4, 0.5) is 5.82 Å². The first-order chi connectivity index (χ1) is 19.1. The largest absolute Gasteiger partial charge is 0.457 e. The van der Waals surface area contributed by atoms with Gasteiger partial charge >= 0.3 is 0 Å². The van der Waals surface area contributed by atoms with Crippen LogP contribution < -0.4 is 15.0 Å². The van der Waals surface area contributed by atoms with Crippen LogP contribution in [0, 0.1) is 5.92 Å². The number of para-hydroxylation sites is 1. The molecule has 1 unspecified atom stereocenters. The molecule has 1 amide bonds. The molecule has 2 saturated heterocycles. The van der Waals surface area contributed by atoms with Gasteiger partial charge in [0.15, 0.2) is 5.78 Å². The Labute approximate surface area is 231 Å². The molecule has 1 atom stereocenters. The van der Waals surface area contributed by atoms with Crippen molar-refractivity contribution >= 4 is 40.1 Å². The van der Waals surface area contributed by atoms with E-state index in [1.165, 1.54) is 6.33 Å². The second-order valence-corrected chi connectivity index (χ2v) is 10.3. The fourth-order valence-electron chi connectivity index (χ4n) is 5.39. The predicted octanol–water partition coefficient (Wildman–Crippen LogP) is 4.28. The van der Waals surface area contributed by atoms with E-state index in [4.69, 9.17) is 16.3 Å². The minimum absolute atomic E-state index is 0.105. The molecule has 0 bridgehead atoms. The lowest BCUT2D eigenvalue weighted by Crippen LogP contribution is -2.51. The van der Waals surface area contributed by atoms with Crippen LogP contribution in [0.5, 0.6) is 11.5 Å². The number of halogens is 1. The van der Waals surface area contributed by atoms with Crippen molar-refractivity contribution in [1.82, 2.24) is 25.2 Å². The number of nitrogens with zero attached hydrogens (tertiary/aromatic N) is 4. The van der Waals surface area contributed by atoms with Gasteiger partial charge in [0.25, 0.3) is 0 Å². The van der Waals surface area contributed by atoms with Crippen LogP contribution in [0.1, 0.15) is 28.8 Å². The summed E-state index contributed by atoms with van der Waals surface area (Å²) in [7, 11) is 0. The van der Waals surface area contributed by atoms with E-state index >= 15 is 0 Å². The molecule has 2 fully saturated rings. The molecule has 2 N–H and O–H groups in total. The molecule has 4 heterocycles. The summed E-state index contributed by atoms with van der Waals surface area (Å²) in [4.78, 5) is 43.1. The molecule has 6 rings (SSSR count). The highest BCUT2D eigenvalue weighted by molar-refractivity contribution is 6.35. The van der Waals surface area contributed by atoms with Gasteiger partial charge in [-0.2, -0.15) is 0 Å². The number of aromatic nitrogens is 3. The maximum Gasteiger partial charge on any atom is 0.227 e. The second kappa shape index (κ2) is 11.0. The summed E-state index contributed by atoms with van der Waals surface area (Å²) in [5.41, 5.74) is 1.37. The normalized spacial score (nSPS) is 17.8. The number of piperidine rings is 1. The van der Waals surface area contributed by atoms with Crippen molar-refractivity contribution in [2.24, 2.45) is 5.92 Å². The molecule has 0 spiro atoms. The van der Waals surface area contributed by atoms with Gasteiger partial charge in [-0.15, -0.1) is 0 Å². The zero-order valence-electron chi connectivity index (χ0n) is 21.4. The van der Waals surface area contributed by atoms with E-state index < -0.39 is 0 Å². The summed E-state index contributed by atoms with van der Waals surface area (Å²) in [6.07, 6.45) is 4.87. The first-order valence-electron chi connectivity index (χ1n) is 13.2. The number of ketones is 1. The monoisotopic (exact) mass is 544 g/mol. The Kier molecular flexibility index (Phi) is 7.17. The number of fused-ring (bicyclic) bond motifs is 1. The maximum atomic E-state index is 13.7. The SMILES string of the molecule is O=C(c1ccc(Oc2ccccc2)cc1Cl)c1c[nH]c2ncnc(N3CCCC(C(=O)N4CCNCC4)C3)c12. The Morgan fingerprint density at radius 2 is 1.79 bits per heavy atom. The Bertz CT molecular complexity index is 1500. The number of benzene rings is 2. The van der Waals surface area contributed by atoms with Gasteiger partial charge in [0.05, 0.1) is 21.9 Å². The molecule has 2 aliphatic rings. The third-order valence-corrected chi connectivity index (χ3v) is 7.67. The standard InChI is InChI=1S/C29H29ClN6O3/c30-24-15-21(39-20-6-2-1-3-7-20)8-9-22(24)26(37)23-16-32-27-25(23)28(34-18-33-27)36-12-4-5-19(17-36)29(38)35-13-10-31-11-14-35/h1-3,6-9,15-16,18-19,31H,4-5,10-14,17H2,(H,32,33,34). The topological polar surface area (TPSA) is 103 Å². The summed E-state index contributed by atoms with van der Waals surface area (Å²) >= 11 is 6.58. The van der Waals surface area contributed by atoms with Crippen molar-refractivity contribution in [1.29, 1.82) is 0 Å². The highest BCUT2D eigenvalue weighted by Gasteiger charge is 2.32. The fraction of sp³-hybridized carbons (Fsp3) is 0.310. The van der Waals surface area contributed by atoms with Crippen LogP contribution in [-0.4, -0.2) is 70.8 Å². The first kappa shape index (κ1) is 25.3. The van der Waals surface area contributed by atoms with Crippen LogP contribution in [-0.2, 0) is 4.79 Å². The number of carbonyl (C=O) groups is 2. The number of rotatable bonds is 6. The second-order valence-electron chi connectivity index (χ2n) is 9.87. The number of hydrogen-bond donors (Lipinski definition) is 2. The first-order valence-corrected chi connectivity index (χ1v) is 13.6. The number of anilines is 1. The lowest BCUT2D eigenvalue weighted by molar-refractivity contribution is -0.136. The molecule has 0 radical (unpaired) electrons. The minimum atomic E-state index is -0.237. The lowest BCUT2D eigenvalue weighted by Gasteiger charge is -2.37. The van der Waals surface area contributed by atoms with Crippen LogP contribution in [0.3, 0.4) is 0 Å². The van der Waals surface area contributed by atoms with Crippen LogP contribution in [0.15, 0.2) is 61.1 Å². The van der Waals surface area contributed by atoms with Crippen molar-refractivity contribution in [3.8, 4) is 11.5 Å². The van der Waals surface area contributed by atoms with E-state index in [1.54, 1.807) is 24.4 Å². The van der Waals surface area contributed by atoms with E-state index in [9.17, 15) is 9.59 Å². The molecule has 2 aromatic carbocycles. The Balaban J connectivity index is 1.27. The van der Waals surface area contributed by atoms with E-state index in [2.05, 4.69) is 25.2 Å². The highest BCUT2D eigenvalue weighted by Crippen LogP contribution is 2.34. The van der Waals surface area contributed by atoms with Gasteiger partial charge in [0.1, 0.15) is 29.3 Å². The minimum Gasteiger partial charge on any atom is -0.457 e. The van der Waals surface area contributed by atoms with Crippen molar-refractivity contribution in [3.05, 3.63) is 77.2 Å². The molecule has 2 aromatic heterocycles. The average molecular weight is 545 g/mol. The number of nitrogens with one attached hydrogen (secondary N) is 2. The molecule has 10 heteroatoms. The summed E-state index contributed by atoms with van der Waals surface area (Å²) in [5, 5.41) is 4.23. The zero-order chi connectivity index (χ0) is 26.8. The summed E-state index contributed by atoms with van der Waals surface area (Å²) in [6, 6.07) is 14.4. The van der Waals surface area contributed by atoms with Crippen LogP contribution in [0.25, 0.3) is 11.0 Å². The molecular weight excluding hydrogens is 516 g/mol. The number of carbonyl (C=O) groups excluding carboxylic acids is 2. The molecule has 39 heavy (non-hydrogen) atoms. The zero-order valence-corrected chi connectivity index (χ0v) is 22.2. The number of aromatic amines is 1. The van der Waals surface area contributed by atoms with E-state index in [0.29, 0.717) is 51.0 Å². The van der Waals surface area contributed by atoms with Crippen LogP contribution >= 0.6 is 11.6 Å². The smallest absolute Gasteiger partial charge is 0.227 e. The molecule has 200 valence electrons. The fourth-order valence-corrected chi connectivity index (χ4v) is 5.65. The third-order valence-electron chi connectivity index (χ3n) is 7.36. The van der Waals surface area contributed by atoms with Gasteiger partial charge in [-0.25, -0.2) is 9.97 Å². The van der Waals surface area contributed by atoms with Crippen molar-refractivity contribution in [2.45, 2.75) is 12.8 Å². The summed E-state index contributed by atoms with van der Waals surface area (Å²) < 4.78 is 5.86. The quantitative estimate of drug-likeness (QED) is 0.349. The third kappa shape index (κ3) is 5.20. The number of amides is 1. The highest BCUT2D eigenvalue weighted by atomic mass is 35.5. The van der Waals surface area contributed by atoms with Crippen LogP contribution in [0.2, 0.25) is 5.02 Å². The number of piperazine rings is 1. The van der Waals surface area contributed by atoms with E-state index in [0.717, 1.165) is 45.6 Å². The molecule has 2 aliphatic heterocycles.